The van der Waals surface area contributed by atoms with Crippen LogP contribution in [-0.4, -0.2) is 50.7 Å². The Morgan fingerprint density at radius 2 is 2.03 bits per heavy atom. The van der Waals surface area contributed by atoms with E-state index in [4.69, 9.17) is 10.5 Å². The second-order valence-corrected chi connectivity index (χ2v) is 9.59. The second-order valence-electron chi connectivity index (χ2n) is 8.68. The molecule has 2 amide bonds. The number of ether oxygens (including phenoxy) is 1. The number of nitrogens with zero attached hydrogens (tertiary/aromatic N) is 2. The molecule has 30 heavy (non-hydrogen) atoms. The van der Waals surface area contributed by atoms with E-state index in [0.29, 0.717) is 18.7 Å². The topological polar surface area (TPSA) is 122 Å². The van der Waals surface area contributed by atoms with Gasteiger partial charge < -0.3 is 25.5 Å². The Bertz CT molecular complexity index is 906. The lowest BCUT2D eigenvalue weighted by Gasteiger charge is -2.33. The Morgan fingerprint density at radius 3 is 2.63 bits per heavy atom. The lowest BCUT2D eigenvalue weighted by atomic mass is 9.88. The highest BCUT2D eigenvalue weighted by Crippen LogP contribution is 2.34. The molecule has 0 spiro atoms. The van der Waals surface area contributed by atoms with Crippen molar-refractivity contribution >= 4 is 27.9 Å². The van der Waals surface area contributed by atoms with Crippen molar-refractivity contribution in [1.29, 1.82) is 0 Å². The van der Waals surface area contributed by atoms with Crippen LogP contribution in [0.25, 0.3) is 0 Å². The van der Waals surface area contributed by atoms with Crippen molar-refractivity contribution in [2.24, 2.45) is 11.1 Å². The minimum absolute atomic E-state index is 0.140. The van der Waals surface area contributed by atoms with E-state index < -0.39 is 35.7 Å². The zero-order valence-electron chi connectivity index (χ0n) is 17.3. The van der Waals surface area contributed by atoms with Crippen molar-refractivity contribution in [1.82, 2.24) is 14.9 Å². The quantitative estimate of drug-likeness (QED) is 0.609. The van der Waals surface area contributed by atoms with E-state index >= 15 is 0 Å². The molecule has 0 bridgehead atoms. The van der Waals surface area contributed by atoms with Crippen LogP contribution >= 0.6 is 15.9 Å². The van der Waals surface area contributed by atoms with Crippen LogP contribution in [0.4, 0.5) is 4.79 Å². The number of hydrogen-bond acceptors (Lipinski definition) is 5. The molecule has 1 saturated heterocycles. The van der Waals surface area contributed by atoms with Gasteiger partial charge in [0.1, 0.15) is 5.82 Å². The number of halogens is 1. The second kappa shape index (κ2) is 8.77. The molecule has 1 aliphatic rings. The predicted octanol–water partition coefficient (Wildman–Crippen LogP) is 2.91. The largest absolute Gasteiger partial charge is 0.436 e. The van der Waals surface area contributed by atoms with E-state index in [2.05, 4.69) is 25.9 Å². The molecule has 2 heterocycles. The van der Waals surface area contributed by atoms with Crippen molar-refractivity contribution in [3.8, 4) is 0 Å². The summed E-state index contributed by atoms with van der Waals surface area (Å²) in [6.07, 6.45) is 0.0115. The summed E-state index contributed by atoms with van der Waals surface area (Å²) in [6.45, 7) is 5.52. The number of nitrogens with one attached hydrogen (secondary N) is 1. The zero-order valence-corrected chi connectivity index (χ0v) is 18.8. The highest BCUT2D eigenvalue weighted by molar-refractivity contribution is 9.10. The fourth-order valence-electron chi connectivity index (χ4n) is 3.64. The summed E-state index contributed by atoms with van der Waals surface area (Å²) in [5.41, 5.74) is 6.56. The van der Waals surface area contributed by atoms with Gasteiger partial charge in [-0.05, 0) is 17.7 Å². The number of aromatic nitrogens is 2. The highest BCUT2D eigenvalue weighted by Gasteiger charge is 2.44. The molecule has 0 unspecified atom stereocenters. The molecule has 0 radical (unpaired) electrons. The first-order valence-corrected chi connectivity index (χ1v) is 10.6. The number of carbonyl (C=O) groups excluding carboxylic acids is 2. The lowest BCUT2D eigenvalue weighted by Crippen LogP contribution is -2.48. The van der Waals surface area contributed by atoms with Gasteiger partial charge in [-0.25, -0.2) is 9.78 Å². The van der Waals surface area contributed by atoms with Crippen molar-refractivity contribution in [3.05, 3.63) is 52.0 Å². The van der Waals surface area contributed by atoms with Gasteiger partial charge in [0, 0.05) is 41.2 Å². The molecule has 1 fully saturated rings. The smallest absolute Gasteiger partial charge is 0.405 e. The third-order valence-corrected chi connectivity index (χ3v) is 5.61. The average molecular weight is 479 g/mol. The van der Waals surface area contributed by atoms with Crippen LogP contribution in [0.1, 0.15) is 50.3 Å². The number of benzene rings is 1. The molecule has 0 aliphatic carbocycles. The normalized spacial score (nSPS) is 20.2. The van der Waals surface area contributed by atoms with Gasteiger partial charge in [0.15, 0.2) is 6.10 Å². The molecule has 1 aliphatic heterocycles. The van der Waals surface area contributed by atoms with Crippen molar-refractivity contribution in [2.75, 3.05) is 6.54 Å². The fourth-order valence-corrected chi connectivity index (χ4v) is 3.90. The number of likely N-dealkylation sites (tertiary alicyclic amines) is 1. The van der Waals surface area contributed by atoms with Gasteiger partial charge in [0.2, 0.25) is 0 Å². The first-order valence-electron chi connectivity index (χ1n) is 9.77. The Morgan fingerprint density at radius 1 is 1.37 bits per heavy atom. The summed E-state index contributed by atoms with van der Waals surface area (Å²) in [6, 6.07) is 7.56. The predicted molar refractivity (Wildman–Crippen MR) is 115 cm³/mol. The molecular weight excluding hydrogens is 452 g/mol. The summed E-state index contributed by atoms with van der Waals surface area (Å²) < 4.78 is 6.15. The Balaban J connectivity index is 1.80. The summed E-state index contributed by atoms with van der Waals surface area (Å²) in [7, 11) is 0. The van der Waals surface area contributed by atoms with E-state index in [1.807, 2.05) is 24.3 Å². The molecule has 4 N–H and O–H groups in total. The Labute approximate surface area is 183 Å². The van der Waals surface area contributed by atoms with Gasteiger partial charge in [0.25, 0.3) is 5.91 Å². The molecule has 2 aromatic rings. The maximum absolute atomic E-state index is 13.2. The Kier molecular flexibility index (Phi) is 6.52. The molecule has 3 rings (SSSR count). The van der Waals surface area contributed by atoms with E-state index in [1.165, 1.54) is 4.90 Å². The number of hydrogen-bond donors (Lipinski definition) is 3. The van der Waals surface area contributed by atoms with Crippen molar-refractivity contribution in [2.45, 2.75) is 51.9 Å². The van der Waals surface area contributed by atoms with Gasteiger partial charge in [0.05, 0.1) is 12.1 Å². The van der Waals surface area contributed by atoms with Crippen LogP contribution in [-0.2, 0) is 16.0 Å². The first-order chi connectivity index (χ1) is 14.0. The fraction of sp³-hybridized carbons (Fsp3) is 0.476. The average Bonchev–Trinajstić information content (AvgIpc) is 3.26. The van der Waals surface area contributed by atoms with Crippen molar-refractivity contribution < 1.29 is 19.4 Å². The molecule has 0 saturated carbocycles. The van der Waals surface area contributed by atoms with E-state index in [9.17, 15) is 14.7 Å². The number of aliphatic hydroxyl groups is 1. The number of amides is 2. The van der Waals surface area contributed by atoms with E-state index in [-0.39, 0.29) is 6.54 Å². The number of primary amides is 1. The third-order valence-electron chi connectivity index (χ3n) is 5.08. The van der Waals surface area contributed by atoms with Crippen LogP contribution < -0.4 is 5.73 Å². The number of H-pyrrole nitrogens is 1. The summed E-state index contributed by atoms with van der Waals surface area (Å²) in [4.78, 5) is 33.8. The molecule has 9 heteroatoms. The minimum Gasteiger partial charge on any atom is -0.436 e. The number of rotatable bonds is 5. The first kappa shape index (κ1) is 22.3. The van der Waals surface area contributed by atoms with Gasteiger partial charge in [-0.1, -0.05) is 48.8 Å². The van der Waals surface area contributed by atoms with Gasteiger partial charge >= 0.3 is 6.09 Å². The summed E-state index contributed by atoms with van der Waals surface area (Å²) in [5.74, 6) is 0.201. The number of aliphatic hydroxyl groups excluding tert-OH is 1. The number of carbonyl (C=O) groups is 2. The summed E-state index contributed by atoms with van der Waals surface area (Å²) in [5, 5.41) is 10.2. The van der Waals surface area contributed by atoms with Crippen LogP contribution in [0.2, 0.25) is 0 Å². The van der Waals surface area contributed by atoms with Gasteiger partial charge in [-0.15, -0.1) is 0 Å². The van der Waals surface area contributed by atoms with E-state index in [0.717, 1.165) is 15.7 Å². The maximum atomic E-state index is 13.2. The minimum atomic E-state index is -1.06. The number of imidazole rings is 1. The maximum Gasteiger partial charge on any atom is 0.405 e. The molecule has 1 aromatic heterocycles. The standard InChI is InChI=1S/C21H27BrN4O4/c1-21(2,3)17(30-20(23)29)19(28)26-11-15(27)9-16(26)18-24-10-14(25-18)8-12-4-6-13(22)7-5-12/h4-7,10,15-17,27H,8-9,11H2,1-3H3,(H2,23,29)(H,24,25)/t15-,16+,17-/m1/s1. The number of β-amino-alcohol motifs (C(OH)–C–C–N with tert-alkyl or cyclic N) is 1. The number of aromatic amines is 1. The van der Waals surface area contributed by atoms with Crippen LogP contribution in [0, 0.1) is 5.41 Å². The van der Waals surface area contributed by atoms with E-state index in [1.54, 1.807) is 27.0 Å². The van der Waals surface area contributed by atoms with Gasteiger partial charge in [-0.3, -0.25) is 4.79 Å². The monoisotopic (exact) mass is 478 g/mol. The SMILES string of the molecule is CC(C)(C)[C@H](OC(N)=O)C(=O)N1C[C@H](O)C[C@H]1c1ncc(Cc2ccc(Br)cc2)[nH]1. The number of nitrogens with two attached hydrogens (primary N) is 1. The summed E-state index contributed by atoms with van der Waals surface area (Å²) >= 11 is 3.43. The molecule has 8 nitrogen and oxygen atoms in total. The zero-order chi connectivity index (χ0) is 22.1. The highest BCUT2D eigenvalue weighted by atomic mass is 79.9. The van der Waals surface area contributed by atoms with Crippen LogP contribution in [0.15, 0.2) is 34.9 Å². The van der Waals surface area contributed by atoms with Gasteiger partial charge in [-0.2, -0.15) is 0 Å². The lowest BCUT2D eigenvalue weighted by molar-refractivity contribution is -0.147. The third kappa shape index (κ3) is 5.20. The van der Waals surface area contributed by atoms with Crippen LogP contribution in [0.5, 0.6) is 0 Å². The molecule has 1 aromatic carbocycles. The van der Waals surface area contributed by atoms with Crippen LogP contribution in [0.3, 0.4) is 0 Å². The molecule has 3 atom stereocenters. The van der Waals surface area contributed by atoms with Crippen molar-refractivity contribution in [3.63, 3.8) is 0 Å². The molecular formula is C21H27BrN4O4. The Hall–Kier alpha value is -2.39. The molecule has 162 valence electrons.